The number of benzene rings is 1. The summed E-state index contributed by atoms with van der Waals surface area (Å²) in [5, 5.41) is 20.5. The number of methoxy groups -OCH3 is 1. The molecule has 1 unspecified atom stereocenters. The van der Waals surface area contributed by atoms with Gasteiger partial charge in [0.05, 0.1) is 24.7 Å². The van der Waals surface area contributed by atoms with Crippen molar-refractivity contribution in [3.63, 3.8) is 0 Å². The summed E-state index contributed by atoms with van der Waals surface area (Å²) in [4.78, 5) is 10.5. The Bertz CT molecular complexity index is 431. The molecule has 0 aromatic heterocycles. The fourth-order valence-electron chi connectivity index (χ4n) is 1.49. The number of nitro groups is 1. The zero-order valence-corrected chi connectivity index (χ0v) is 10.7. The lowest BCUT2D eigenvalue weighted by atomic mass is 10.1. The Hall–Kier alpha value is -1.82. The van der Waals surface area contributed by atoms with Crippen LogP contribution in [0.15, 0.2) is 12.1 Å². The second-order valence-corrected chi connectivity index (χ2v) is 3.85. The summed E-state index contributed by atoms with van der Waals surface area (Å²) < 4.78 is 10.4. The van der Waals surface area contributed by atoms with Crippen LogP contribution in [0.2, 0.25) is 0 Å². The van der Waals surface area contributed by atoms with Crippen molar-refractivity contribution in [2.75, 3.05) is 13.7 Å². The number of hydrogen-bond acceptors (Lipinski definition) is 5. The first-order valence-electron chi connectivity index (χ1n) is 5.68. The maximum absolute atomic E-state index is 11.0. The predicted octanol–water partition coefficient (Wildman–Crippen LogP) is 2.45. The minimum atomic E-state index is -0.808. The number of hydrogen-bond donors (Lipinski definition) is 1. The van der Waals surface area contributed by atoms with Crippen LogP contribution in [0.3, 0.4) is 0 Å². The molecule has 0 saturated heterocycles. The lowest BCUT2D eigenvalue weighted by Gasteiger charge is -2.13. The van der Waals surface area contributed by atoms with Gasteiger partial charge in [0.1, 0.15) is 0 Å². The molecule has 100 valence electrons. The Labute approximate surface area is 105 Å². The highest BCUT2D eigenvalue weighted by atomic mass is 16.6. The zero-order valence-electron chi connectivity index (χ0n) is 10.7. The van der Waals surface area contributed by atoms with E-state index < -0.39 is 11.0 Å². The van der Waals surface area contributed by atoms with Crippen LogP contribution in [0.4, 0.5) is 5.69 Å². The quantitative estimate of drug-likeness (QED) is 0.623. The number of aliphatic hydroxyl groups is 1. The third-order valence-electron chi connectivity index (χ3n) is 2.41. The minimum absolute atomic E-state index is 0.105. The molecule has 1 N–H and O–H groups in total. The molecule has 6 nitrogen and oxygen atoms in total. The van der Waals surface area contributed by atoms with E-state index in [9.17, 15) is 15.2 Å². The molecular formula is C12H17NO5. The lowest BCUT2D eigenvalue weighted by Crippen LogP contribution is -2.04. The third-order valence-corrected chi connectivity index (χ3v) is 2.41. The van der Waals surface area contributed by atoms with Crippen LogP contribution < -0.4 is 9.47 Å². The Morgan fingerprint density at radius 2 is 2.17 bits per heavy atom. The van der Waals surface area contributed by atoms with Crippen molar-refractivity contribution < 1.29 is 19.5 Å². The predicted molar refractivity (Wildman–Crippen MR) is 66.1 cm³/mol. The molecule has 6 heteroatoms. The molecule has 0 aliphatic rings. The number of aliphatic hydroxyl groups excluding tert-OH is 1. The van der Waals surface area contributed by atoms with Crippen LogP contribution in [0.1, 0.15) is 31.9 Å². The van der Waals surface area contributed by atoms with Gasteiger partial charge in [0.15, 0.2) is 5.75 Å². The van der Waals surface area contributed by atoms with Crippen molar-refractivity contribution in [2.24, 2.45) is 0 Å². The van der Waals surface area contributed by atoms with Crippen LogP contribution in [0, 0.1) is 10.1 Å². The topological polar surface area (TPSA) is 81.8 Å². The Kier molecular flexibility index (Phi) is 4.91. The molecule has 0 fully saturated rings. The van der Waals surface area contributed by atoms with Crippen molar-refractivity contribution in [3.8, 4) is 11.5 Å². The normalized spacial score (nSPS) is 12.0. The summed E-state index contributed by atoms with van der Waals surface area (Å²) in [5.41, 5.74) is 0.223. The highest BCUT2D eigenvalue weighted by Crippen LogP contribution is 2.39. The van der Waals surface area contributed by atoms with Crippen molar-refractivity contribution in [1.29, 1.82) is 0 Å². The maximum atomic E-state index is 11.0. The summed E-state index contributed by atoms with van der Waals surface area (Å²) in [6.45, 7) is 3.80. The number of rotatable bonds is 6. The van der Waals surface area contributed by atoms with Gasteiger partial charge < -0.3 is 14.6 Å². The molecule has 0 saturated carbocycles. The average Bonchev–Trinajstić information content (AvgIpc) is 2.34. The summed E-state index contributed by atoms with van der Waals surface area (Å²) in [6.07, 6.45) is -0.0730. The van der Waals surface area contributed by atoms with E-state index in [4.69, 9.17) is 9.47 Å². The molecular weight excluding hydrogens is 238 g/mol. The first-order valence-corrected chi connectivity index (χ1v) is 5.68. The maximum Gasteiger partial charge on any atom is 0.315 e. The first-order chi connectivity index (χ1) is 8.51. The molecule has 0 radical (unpaired) electrons. The van der Waals surface area contributed by atoms with E-state index in [0.717, 1.165) is 6.42 Å². The van der Waals surface area contributed by atoms with E-state index in [1.165, 1.54) is 20.1 Å². The number of nitro benzene ring substituents is 1. The van der Waals surface area contributed by atoms with Crippen LogP contribution in [0.5, 0.6) is 11.5 Å². The van der Waals surface area contributed by atoms with Crippen molar-refractivity contribution in [1.82, 2.24) is 0 Å². The van der Waals surface area contributed by atoms with Gasteiger partial charge in [0, 0.05) is 6.07 Å². The molecule has 1 rings (SSSR count). The Morgan fingerprint density at radius 1 is 1.50 bits per heavy atom. The molecule has 0 aliphatic heterocycles. The van der Waals surface area contributed by atoms with Gasteiger partial charge in [-0.25, -0.2) is 0 Å². The van der Waals surface area contributed by atoms with Gasteiger partial charge in [0.25, 0.3) is 0 Å². The van der Waals surface area contributed by atoms with Gasteiger partial charge >= 0.3 is 5.69 Å². The SMILES string of the molecule is CCCOc1c(OC)cc(C(C)O)cc1[N+](=O)[O-]. The largest absolute Gasteiger partial charge is 0.493 e. The molecule has 0 aliphatic carbocycles. The average molecular weight is 255 g/mol. The molecule has 1 atom stereocenters. The molecule has 0 amide bonds. The standard InChI is InChI=1S/C12H17NO5/c1-4-5-18-12-10(13(15)16)6-9(8(2)14)7-11(12)17-3/h6-8,14H,4-5H2,1-3H3. The van der Waals surface area contributed by atoms with Gasteiger partial charge in [-0.1, -0.05) is 6.92 Å². The second kappa shape index (κ2) is 6.20. The first kappa shape index (κ1) is 14.2. The fourth-order valence-corrected chi connectivity index (χ4v) is 1.49. The summed E-state index contributed by atoms with van der Waals surface area (Å²) >= 11 is 0. The van der Waals surface area contributed by atoms with Crippen LogP contribution in [0.25, 0.3) is 0 Å². The van der Waals surface area contributed by atoms with Crippen LogP contribution >= 0.6 is 0 Å². The molecule has 0 bridgehead atoms. The van der Waals surface area contributed by atoms with E-state index in [-0.39, 0.29) is 17.2 Å². The van der Waals surface area contributed by atoms with Gasteiger partial charge in [-0.15, -0.1) is 0 Å². The van der Waals surface area contributed by atoms with E-state index in [0.29, 0.717) is 12.2 Å². The molecule has 0 heterocycles. The van der Waals surface area contributed by atoms with Gasteiger partial charge in [-0.05, 0) is 25.0 Å². The lowest BCUT2D eigenvalue weighted by molar-refractivity contribution is -0.386. The molecule has 1 aromatic carbocycles. The highest BCUT2D eigenvalue weighted by molar-refractivity contribution is 5.58. The molecule has 18 heavy (non-hydrogen) atoms. The Morgan fingerprint density at radius 3 is 2.61 bits per heavy atom. The monoisotopic (exact) mass is 255 g/mol. The van der Waals surface area contributed by atoms with Gasteiger partial charge in [-0.3, -0.25) is 10.1 Å². The second-order valence-electron chi connectivity index (χ2n) is 3.85. The van der Waals surface area contributed by atoms with Crippen molar-refractivity contribution in [2.45, 2.75) is 26.4 Å². The Balaban J connectivity index is 3.31. The fraction of sp³-hybridized carbons (Fsp3) is 0.500. The van der Waals surface area contributed by atoms with Crippen LogP contribution in [-0.4, -0.2) is 23.7 Å². The van der Waals surface area contributed by atoms with Gasteiger partial charge in [-0.2, -0.15) is 0 Å². The molecule has 0 spiro atoms. The summed E-state index contributed by atoms with van der Waals surface area (Å²) in [5.74, 6) is 0.363. The molecule has 1 aromatic rings. The van der Waals surface area contributed by atoms with Gasteiger partial charge in [0.2, 0.25) is 5.75 Å². The zero-order chi connectivity index (χ0) is 13.7. The van der Waals surface area contributed by atoms with Crippen molar-refractivity contribution in [3.05, 3.63) is 27.8 Å². The van der Waals surface area contributed by atoms with E-state index in [1.807, 2.05) is 6.92 Å². The minimum Gasteiger partial charge on any atom is -0.493 e. The highest BCUT2D eigenvalue weighted by Gasteiger charge is 2.23. The van der Waals surface area contributed by atoms with E-state index >= 15 is 0 Å². The van der Waals surface area contributed by atoms with Crippen molar-refractivity contribution >= 4 is 5.69 Å². The smallest absolute Gasteiger partial charge is 0.315 e. The number of nitrogens with zero attached hydrogens (tertiary/aromatic N) is 1. The van der Waals surface area contributed by atoms with Crippen LogP contribution in [-0.2, 0) is 0 Å². The van der Waals surface area contributed by atoms with E-state index in [2.05, 4.69) is 0 Å². The van der Waals surface area contributed by atoms with E-state index in [1.54, 1.807) is 6.07 Å². The third kappa shape index (κ3) is 3.10. The number of ether oxygens (including phenoxy) is 2. The summed E-state index contributed by atoms with van der Waals surface area (Å²) in [6, 6.07) is 2.85. The summed E-state index contributed by atoms with van der Waals surface area (Å²) in [7, 11) is 1.41.